The third-order valence-corrected chi connectivity index (χ3v) is 14.0. The topological polar surface area (TPSA) is 38.7 Å². The maximum Gasteiger partial charge on any atom is 0.0763 e. The Morgan fingerprint density at radius 2 is 1.06 bits per heavy atom. The summed E-state index contributed by atoms with van der Waals surface area (Å²) in [5, 5.41) is 2.09. The zero-order chi connectivity index (χ0) is 42.8. The third-order valence-electron chi connectivity index (χ3n) is 12.9. The van der Waals surface area contributed by atoms with Crippen molar-refractivity contribution < 1.29 is 20.1 Å². The monoisotopic (exact) mass is 1030 g/mol. The molecular formula is C60H39IrN3S-2. The minimum atomic E-state index is -0.373. The minimum Gasteiger partial charge on any atom is -0.285 e. The maximum absolute atomic E-state index is 5.26. The van der Waals surface area contributed by atoms with E-state index in [2.05, 4.69) is 202 Å². The van der Waals surface area contributed by atoms with Gasteiger partial charge in [-0.1, -0.05) is 157 Å². The SMILES string of the molecule is Cc1cccc(C)c1-c1nc(-c2[c-]cc3c(c2)-c2ccccc2C32c3ccccc3-c3ccccc32)nc2ccccc12.[Ir].[c-]1ccc(-c2ccccc2)cc1-c1nc2ccccc2s1. The smallest absolute Gasteiger partial charge is 0.0763 e. The third kappa shape index (κ3) is 6.61. The largest absolute Gasteiger partial charge is 0.285 e. The van der Waals surface area contributed by atoms with Gasteiger partial charge in [0.25, 0.3) is 0 Å². The second-order valence-corrected chi connectivity index (χ2v) is 17.6. The summed E-state index contributed by atoms with van der Waals surface area (Å²) in [6.45, 7) is 4.32. The van der Waals surface area contributed by atoms with Gasteiger partial charge >= 0.3 is 0 Å². The van der Waals surface area contributed by atoms with Crippen LogP contribution < -0.4 is 0 Å². The van der Waals surface area contributed by atoms with Gasteiger partial charge in [-0.25, -0.2) is 0 Å². The molecule has 0 amide bonds. The number of fused-ring (bicyclic) bond motifs is 12. The van der Waals surface area contributed by atoms with E-state index in [0.717, 1.165) is 38.2 Å². The van der Waals surface area contributed by atoms with Gasteiger partial charge in [-0.2, -0.15) is 11.3 Å². The molecule has 0 fully saturated rings. The standard InChI is InChI=1S/C41H27N2.C19H12NS.Ir/c1-25-12-11-13-26(2)38(25)39-31-17-6-10-21-37(31)42-40(43-39)27-22-23-36-32(24-27)30-16-5-9-20-35(30)41(36)33-18-7-3-14-28(33)29-15-4-8-19-34(29)41;1-2-7-14(8-3-1)15-9-6-10-16(13-15)19-20-17-11-4-5-12-18(17)21-19;/h3-21,23-24H,1-2H3;1-9,11-13H;/q2*-1;. The van der Waals surface area contributed by atoms with E-state index in [4.69, 9.17) is 15.0 Å². The first-order chi connectivity index (χ1) is 31.6. The molecule has 0 saturated heterocycles. The number of benzene rings is 9. The molecule has 2 aromatic heterocycles. The van der Waals surface area contributed by atoms with Gasteiger partial charge in [-0.15, -0.1) is 64.7 Å². The van der Waals surface area contributed by atoms with Gasteiger partial charge in [0.2, 0.25) is 0 Å². The van der Waals surface area contributed by atoms with E-state index in [1.807, 2.05) is 24.3 Å². The summed E-state index contributed by atoms with van der Waals surface area (Å²) in [7, 11) is 0. The Morgan fingerprint density at radius 3 is 1.75 bits per heavy atom. The number of hydrogen-bond donors (Lipinski definition) is 0. The first-order valence-electron chi connectivity index (χ1n) is 21.7. The number of aromatic nitrogens is 3. The number of nitrogens with zero attached hydrogens (tertiary/aromatic N) is 3. The van der Waals surface area contributed by atoms with Crippen LogP contribution in [0.3, 0.4) is 0 Å². The number of hydrogen-bond acceptors (Lipinski definition) is 4. The van der Waals surface area contributed by atoms with E-state index in [9.17, 15) is 0 Å². The Labute approximate surface area is 396 Å². The second-order valence-electron chi connectivity index (χ2n) is 16.6. The van der Waals surface area contributed by atoms with Crippen molar-refractivity contribution in [3.05, 3.63) is 246 Å². The van der Waals surface area contributed by atoms with Crippen LogP contribution in [0.5, 0.6) is 0 Å². The first kappa shape index (κ1) is 40.6. The summed E-state index contributed by atoms with van der Waals surface area (Å²) in [6.07, 6.45) is 0. The summed E-state index contributed by atoms with van der Waals surface area (Å²) >= 11 is 1.71. The van der Waals surface area contributed by atoms with Crippen molar-refractivity contribution in [2.24, 2.45) is 0 Å². The molecule has 0 unspecified atom stereocenters. The van der Waals surface area contributed by atoms with E-state index in [-0.39, 0.29) is 25.5 Å². The van der Waals surface area contributed by atoms with Crippen LogP contribution in [-0.2, 0) is 25.5 Å². The predicted molar refractivity (Wildman–Crippen MR) is 264 cm³/mol. The van der Waals surface area contributed by atoms with Gasteiger partial charge < -0.3 is 0 Å². The van der Waals surface area contributed by atoms with Crippen molar-refractivity contribution >= 4 is 32.5 Å². The van der Waals surface area contributed by atoms with Crippen LogP contribution in [0.25, 0.3) is 87.7 Å². The molecule has 65 heavy (non-hydrogen) atoms. The number of para-hydroxylation sites is 2. The van der Waals surface area contributed by atoms with Gasteiger partial charge in [0.1, 0.15) is 0 Å². The average molecular weight is 1030 g/mol. The van der Waals surface area contributed by atoms with Gasteiger partial charge in [0.05, 0.1) is 22.6 Å². The summed E-state index contributed by atoms with van der Waals surface area (Å²) in [5.74, 6) is 0.699. The van der Waals surface area contributed by atoms with Crippen LogP contribution in [0.2, 0.25) is 0 Å². The van der Waals surface area contributed by atoms with Gasteiger partial charge in [0.15, 0.2) is 0 Å². The van der Waals surface area contributed by atoms with Gasteiger partial charge in [-0.3, -0.25) is 15.0 Å². The van der Waals surface area contributed by atoms with Gasteiger partial charge in [0, 0.05) is 46.2 Å². The Kier molecular flexibility index (Phi) is 10.3. The number of aryl methyl sites for hydroxylation is 2. The fourth-order valence-corrected chi connectivity index (χ4v) is 11.1. The summed E-state index contributed by atoms with van der Waals surface area (Å²) in [5.41, 5.74) is 20.9. The summed E-state index contributed by atoms with van der Waals surface area (Å²) < 4.78 is 1.21. The fraction of sp³-hybridized carbons (Fsp3) is 0.0500. The first-order valence-corrected chi connectivity index (χ1v) is 22.5. The maximum atomic E-state index is 5.26. The average Bonchev–Trinajstić information content (AvgIpc) is 4.02. The summed E-state index contributed by atoms with van der Waals surface area (Å²) in [6, 6.07) is 77.7. The molecule has 1 spiro atoms. The van der Waals surface area contributed by atoms with Crippen molar-refractivity contribution in [2.45, 2.75) is 19.3 Å². The Bertz CT molecular complexity index is 3510. The van der Waals surface area contributed by atoms with Crippen LogP contribution in [0.15, 0.2) is 200 Å². The zero-order valence-corrected chi connectivity index (χ0v) is 38.8. The molecule has 311 valence electrons. The Hall–Kier alpha value is -7.14. The molecule has 2 aliphatic rings. The molecule has 0 N–H and O–H groups in total. The normalized spacial score (nSPS) is 12.5. The second kappa shape index (κ2) is 16.4. The van der Waals surface area contributed by atoms with E-state index in [0.29, 0.717) is 5.82 Å². The molecule has 9 aromatic carbocycles. The molecule has 0 atom stereocenters. The van der Waals surface area contributed by atoms with Crippen LogP contribution in [0.1, 0.15) is 33.4 Å². The Morgan fingerprint density at radius 1 is 0.462 bits per heavy atom. The van der Waals surface area contributed by atoms with E-state index >= 15 is 0 Å². The van der Waals surface area contributed by atoms with E-state index in [1.54, 1.807) is 11.3 Å². The van der Waals surface area contributed by atoms with Crippen molar-refractivity contribution in [3.63, 3.8) is 0 Å². The molecule has 3 nitrogen and oxygen atoms in total. The molecule has 0 aliphatic heterocycles. The quantitative estimate of drug-likeness (QED) is 0.165. The van der Waals surface area contributed by atoms with Crippen LogP contribution >= 0.6 is 11.3 Å². The predicted octanol–water partition coefficient (Wildman–Crippen LogP) is 15.2. The number of rotatable bonds is 4. The van der Waals surface area contributed by atoms with Gasteiger partial charge in [-0.05, 0) is 82.1 Å². The summed E-state index contributed by atoms with van der Waals surface area (Å²) in [4.78, 5) is 15.1. The molecule has 11 aromatic rings. The molecular weight excluding hydrogens is 987 g/mol. The van der Waals surface area contributed by atoms with Crippen molar-refractivity contribution in [3.8, 4) is 66.6 Å². The molecule has 2 heterocycles. The van der Waals surface area contributed by atoms with Crippen LogP contribution in [-0.4, -0.2) is 15.0 Å². The molecule has 1 radical (unpaired) electrons. The number of thiazole rings is 1. The van der Waals surface area contributed by atoms with Crippen molar-refractivity contribution in [1.29, 1.82) is 0 Å². The molecule has 0 bridgehead atoms. The van der Waals surface area contributed by atoms with Crippen molar-refractivity contribution in [1.82, 2.24) is 15.0 Å². The fourth-order valence-electron chi connectivity index (χ4n) is 10.1. The van der Waals surface area contributed by atoms with E-state index < -0.39 is 0 Å². The molecule has 5 heteroatoms. The molecule has 13 rings (SSSR count). The Balaban J connectivity index is 0.000000179. The van der Waals surface area contributed by atoms with Crippen LogP contribution in [0.4, 0.5) is 0 Å². The molecule has 2 aliphatic carbocycles. The zero-order valence-electron chi connectivity index (χ0n) is 35.6. The van der Waals surface area contributed by atoms with Crippen LogP contribution in [0, 0.1) is 26.0 Å². The molecule has 0 saturated carbocycles. The van der Waals surface area contributed by atoms with E-state index in [1.165, 1.54) is 77.0 Å². The minimum absolute atomic E-state index is 0. The van der Waals surface area contributed by atoms with Crippen molar-refractivity contribution in [2.75, 3.05) is 0 Å².